The van der Waals surface area contributed by atoms with E-state index in [-0.39, 0.29) is 0 Å². The third-order valence-corrected chi connectivity index (χ3v) is 3.17. The number of methoxy groups -OCH3 is 1. The first kappa shape index (κ1) is 14.2. The number of carbonyl (C=O) groups is 1. The minimum Gasteiger partial charge on any atom is -0.495 e. The summed E-state index contributed by atoms with van der Waals surface area (Å²) >= 11 is 6.08. The highest BCUT2D eigenvalue weighted by Gasteiger charge is 2.18. The van der Waals surface area contributed by atoms with E-state index in [1.54, 1.807) is 18.2 Å². The van der Waals surface area contributed by atoms with Gasteiger partial charge in [0, 0.05) is 5.69 Å². The Bertz CT molecular complexity index is 602. The number of ether oxygens (including phenoxy) is 1. The van der Waals surface area contributed by atoms with Gasteiger partial charge in [0.1, 0.15) is 11.8 Å². The van der Waals surface area contributed by atoms with Crippen molar-refractivity contribution in [1.29, 1.82) is 0 Å². The van der Waals surface area contributed by atoms with Crippen molar-refractivity contribution in [2.75, 3.05) is 12.4 Å². The van der Waals surface area contributed by atoms with Crippen LogP contribution < -0.4 is 15.8 Å². The van der Waals surface area contributed by atoms with Gasteiger partial charge in [0.2, 0.25) is 5.91 Å². The summed E-state index contributed by atoms with van der Waals surface area (Å²) in [7, 11) is 1.54. The predicted octanol–water partition coefficient (Wildman–Crippen LogP) is 2.99. The summed E-state index contributed by atoms with van der Waals surface area (Å²) in [5.41, 5.74) is 6.96. The lowest BCUT2D eigenvalue weighted by Gasteiger charge is -2.18. The number of hydrogen-bond donors (Lipinski definition) is 2. The number of halogens is 1. The number of primary amides is 1. The Balaban J connectivity index is 2.29. The molecule has 0 aliphatic carbocycles. The van der Waals surface area contributed by atoms with Gasteiger partial charge < -0.3 is 15.8 Å². The smallest absolute Gasteiger partial charge is 0.244 e. The second kappa shape index (κ2) is 6.30. The number of rotatable bonds is 5. The van der Waals surface area contributed by atoms with Crippen molar-refractivity contribution in [3.63, 3.8) is 0 Å². The molecular weight excluding hydrogens is 276 g/mol. The number of hydrogen-bond acceptors (Lipinski definition) is 3. The van der Waals surface area contributed by atoms with Gasteiger partial charge in [-0.15, -0.1) is 0 Å². The fourth-order valence-corrected chi connectivity index (χ4v) is 2.15. The molecule has 1 atom stereocenters. The summed E-state index contributed by atoms with van der Waals surface area (Å²) in [5, 5.41) is 3.52. The van der Waals surface area contributed by atoms with Crippen LogP contribution >= 0.6 is 11.6 Å². The lowest BCUT2D eigenvalue weighted by Crippen LogP contribution is -2.27. The Morgan fingerprint density at radius 3 is 2.50 bits per heavy atom. The van der Waals surface area contributed by atoms with Crippen LogP contribution in [0.4, 0.5) is 5.69 Å². The minimum absolute atomic E-state index is 0.436. The lowest BCUT2D eigenvalue weighted by molar-refractivity contribution is -0.118. The van der Waals surface area contributed by atoms with E-state index >= 15 is 0 Å². The molecule has 0 aliphatic heterocycles. The summed E-state index contributed by atoms with van der Waals surface area (Å²) in [6.07, 6.45) is 0. The summed E-state index contributed by atoms with van der Waals surface area (Å²) < 4.78 is 5.09. The zero-order valence-electron chi connectivity index (χ0n) is 11.0. The molecule has 0 bridgehead atoms. The second-order valence-corrected chi connectivity index (χ2v) is 4.65. The van der Waals surface area contributed by atoms with Gasteiger partial charge >= 0.3 is 0 Å². The molecule has 2 aromatic rings. The van der Waals surface area contributed by atoms with Crippen molar-refractivity contribution in [3.05, 3.63) is 59.1 Å². The summed E-state index contributed by atoms with van der Waals surface area (Å²) in [6, 6.07) is 13.9. The average Bonchev–Trinajstić information content (AvgIpc) is 2.45. The SMILES string of the molecule is COc1ccc(C(Nc2ccccc2)C(N)=O)cc1Cl. The van der Waals surface area contributed by atoms with Crippen molar-refractivity contribution in [1.82, 2.24) is 0 Å². The van der Waals surface area contributed by atoms with Crippen LogP contribution in [0.2, 0.25) is 5.02 Å². The molecule has 2 aromatic carbocycles. The highest BCUT2D eigenvalue weighted by molar-refractivity contribution is 6.32. The van der Waals surface area contributed by atoms with Crippen molar-refractivity contribution in [2.24, 2.45) is 5.73 Å². The molecule has 3 N–H and O–H groups in total. The number of carbonyl (C=O) groups excluding carboxylic acids is 1. The van der Waals surface area contributed by atoms with E-state index in [9.17, 15) is 4.79 Å². The highest BCUT2D eigenvalue weighted by atomic mass is 35.5. The molecule has 0 heterocycles. The van der Waals surface area contributed by atoms with Gasteiger partial charge in [-0.05, 0) is 29.8 Å². The molecule has 2 rings (SSSR count). The Hall–Kier alpha value is -2.20. The third kappa shape index (κ3) is 3.22. The topological polar surface area (TPSA) is 64.3 Å². The van der Waals surface area contributed by atoms with Crippen molar-refractivity contribution in [3.8, 4) is 5.75 Å². The van der Waals surface area contributed by atoms with Gasteiger partial charge in [-0.25, -0.2) is 0 Å². The van der Waals surface area contributed by atoms with Crippen LogP contribution in [0.1, 0.15) is 11.6 Å². The first-order valence-corrected chi connectivity index (χ1v) is 6.44. The standard InChI is InChI=1S/C15H15ClN2O2/c1-20-13-8-7-10(9-12(13)16)14(15(17)19)18-11-5-3-2-4-6-11/h2-9,14,18H,1H3,(H2,17,19). The molecule has 20 heavy (non-hydrogen) atoms. The predicted molar refractivity (Wildman–Crippen MR) is 80.0 cm³/mol. The molecule has 1 unspecified atom stereocenters. The molecule has 0 radical (unpaired) electrons. The monoisotopic (exact) mass is 290 g/mol. The van der Waals surface area contributed by atoms with Gasteiger partial charge in [-0.1, -0.05) is 35.9 Å². The van der Waals surface area contributed by atoms with E-state index < -0.39 is 11.9 Å². The van der Waals surface area contributed by atoms with E-state index in [2.05, 4.69) is 5.32 Å². The third-order valence-electron chi connectivity index (χ3n) is 2.88. The maximum Gasteiger partial charge on any atom is 0.244 e. The molecule has 0 saturated heterocycles. The fourth-order valence-electron chi connectivity index (χ4n) is 1.88. The normalized spacial score (nSPS) is 11.7. The molecule has 0 spiro atoms. The van der Waals surface area contributed by atoms with Gasteiger partial charge in [0.15, 0.2) is 0 Å². The van der Waals surface area contributed by atoms with E-state index in [1.165, 1.54) is 7.11 Å². The van der Waals surface area contributed by atoms with E-state index in [0.29, 0.717) is 16.3 Å². The van der Waals surface area contributed by atoms with Crippen LogP contribution in [0.25, 0.3) is 0 Å². The first-order valence-electron chi connectivity index (χ1n) is 6.06. The quantitative estimate of drug-likeness (QED) is 0.890. The molecule has 0 fully saturated rings. The van der Waals surface area contributed by atoms with E-state index in [0.717, 1.165) is 5.69 Å². The maximum absolute atomic E-state index is 11.7. The van der Waals surface area contributed by atoms with Crippen LogP contribution in [-0.4, -0.2) is 13.0 Å². The van der Waals surface area contributed by atoms with Crippen molar-refractivity contribution < 1.29 is 9.53 Å². The summed E-state index contributed by atoms with van der Waals surface area (Å²) in [5.74, 6) is 0.0773. The molecule has 1 amide bonds. The van der Waals surface area contributed by atoms with E-state index in [4.69, 9.17) is 22.1 Å². The molecular formula is C15H15ClN2O2. The van der Waals surface area contributed by atoms with Crippen molar-refractivity contribution >= 4 is 23.2 Å². The largest absolute Gasteiger partial charge is 0.495 e. The van der Waals surface area contributed by atoms with Gasteiger partial charge in [-0.2, -0.15) is 0 Å². The van der Waals surface area contributed by atoms with Crippen LogP contribution in [-0.2, 0) is 4.79 Å². The number of benzene rings is 2. The van der Waals surface area contributed by atoms with Crippen molar-refractivity contribution in [2.45, 2.75) is 6.04 Å². The molecule has 0 saturated carbocycles. The summed E-state index contributed by atoms with van der Waals surface area (Å²) in [6.45, 7) is 0. The Kier molecular flexibility index (Phi) is 4.48. The molecule has 5 heteroatoms. The maximum atomic E-state index is 11.7. The number of nitrogens with two attached hydrogens (primary N) is 1. The van der Waals surface area contributed by atoms with Crippen LogP contribution in [0.5, 0.6) is 5.75 Å². The minimum atomic E-state index is -0.652. The fraction of sp³-hybridized carbons (Fsp3) is 0.133. The number of para-hydroxylation sites is 1. The Morgan fingerprint density at radius 1 is 1.25 bits per heavy atom. The Labute approximate surface area is 122 Å². The number of anilines is 1. The number of nitrogens with one attached hydrogen (secondary N) is 1. The zero-order chi connectivity index (χ0) is 14.5. The van der Waals surface area contributed by atoms with Gasteiger partial charge in [0.25, 0.3) is 0 Å². The zero-order valence-corrected chi connectivity index (χ0v) is 11.7. The highest BCUT2D eigenvalue weighted by Crippen LogP contribution is 2.29. The second-order valence-electron chi connectivity index (χ2n) is 4.24. The lowest BCUT2D eigenvalue weighted by atomic mass is 10.1. The summed E-state index contributed by atoms with van der Waals surface area (Å²) in [4.78, 5) is 11.7. The van der Waals surface area contributed by atoms with Crippen LogP contribution in [0.3, 0.4) is 0 Å². The van der Waals surface area contributed by atoms with Gasteiger partial charge in [-0.3, -0.25) is 4.79 Å². The first-order chi connectivity index (χ1) is 9.61. The van der Waals surface area contributed by atoms with Crippen LogP contribution in [0.15, 0.2) is 48.5 Å². The molecule has 104 valence electrons. The van der Waals surface area contributed by atoms with Crippen LogP contribution in [0, 0.1) is 0 Å². The average molecular weight is 291 g/mol. The molecule has 4 nitrogen and oxygen atoms in total. The Morgan fingerprint density at radius 2 is 1.95 bits per heavy atom. The van der Waals surface area contributed by atoms with E-state index in [1.807, 2.05) is 30.3 Å². The number of amides is 1. The molecule has 0 aromatic heterocycles. The van der Waals surface area contributed by atoms with Gasteiger partial charge in [0.05, 0.1) is 12.1 Å². The molecule has 0 aliphatic rings.